The third-order valence-corrected chi connectivity index (χ3v) is 7.22. The molecule has 2 saturated heterocycles. The first-order chi connectivity index (χ1) is 15.5. The van der Waals surface area contributed by atoms with Crippen molar-refractivity contribution in [3.8, 4) is 0 Å². The van der Waals surface area contributed by atoms with Gasteiger partial charge in [0.25, 0.3) is 11.1 Å². The van der Waals surface area contributed by atoms with Gasteiger partial charge in [-0.05, 0) is 25.0 Å². The number of aliphatic imine (C=N–C) groups is 1. The van der Waals surface area contributed by atoms with Gasteiger partial charge in [0.1, 0.15) is 5.52 Å². The summed E-state index contributed by atoms with van der Waals surface area (Å²) < 4.78 is 5.83. The second kappa shape index (κ2) is 8.65. The fourth-order valence-electron chi connectivity index (χ4n) is 4.67. The number of aromatic nitrogens is 1. The van der Waals surface area contributed by atoms with E-state index in [1.165, 1.54) is 29.5 Å². The Balaban J connectivity index is 1.37. The molecule has 5 rings (SSSR count). The molecule has 0 N–H and O–H groups in total. The lowest BCUT2D eigenvalue weighted by Gasteiger charge is -2.40. The van der Waals surface area contributed by atoms with E-state index in [1.54, 1.807) is 19.0 Å². The highest BCUT2D eigenvalue weighted by Crippen LogP contribution is 2.30. The Bertz CT molecular complexity index is 1010. The summed E-state index contributed by atoms with van der Waals surface area (Å²) in [6, 6.07) is 6.91. The summed E-state index contributed by atoms with van der Waals surface area (Å²) in [5, 5.41) is 0.620. The molecule has 3 amide bonds. The first kappa shape index (κ1) is 21.1. The van der Waals surface area contributed by atoms with Crippen molar-refractivity contribution >= 4 is 40.8 Å². The highest BCUT2D eigenvalue weighted by Gasteiger charge is 2.51. The van der Waals surface area contributed by atoms with Gasteiger partial charge in [0.05, 0.1) is 0 Å². The van der Waals surface area contributed by atoms with Gasteiger partial charge in [0, 0.05) is 39.5 Å². The SMILES string of the molecule is CN1C(=O)C2C(N=C(N3CCCCCC3)N2CCSc2nc3ccccc3o2)N(C)C1=O. The van der Waals surface area contributed by atoms with Crippen molar-refractivity contribution in [2.24, 2.45) is 4.99 Å². The van der Waals surface area contributed by atoms with Crippen LogP contribution in [0.15, 0.2) is 38.9 Å². The minimum Gasteiger partial charge on any atom is -0.431 e. The molecule has 10 heteroatoms. The summed E-state index contributed by atoms with van der Waals surface area (Å²) in [4.78, 5) is 42.3. The Morgan fingerprint density at radius 1 is 1.09 bits per heavy atom. The number of hydrogen-bond acceptors (Lipinski definition) is 8. The van der Waals surface area contributed by atoms with Crippen molar-refractivity contribution < 1.29 is 14.0 Å². The van der Waals surface area contributed by atoms with Crippen LogP contribution in [-0.4, -0.2) is 94.2 Å². The van der Waals surface area contributed by atoms with Gasteiger partial charge < -0.3 is 19.1 Å². The molecule has 2 atom stereocenters. The second-order valence-corrected chi connectivity index (χ2v) is 9.52. The lowest BCUT2D eigenvalue weighted by Crippen LogP contribution is -2.64. The van der Waals surface area contributed by atoms with E-state index in [-0.39, 0.29) is 11.9 Å². The highest BCUT2D eigenvalue weighted by molar-refractivity contribution is 7.99. The van der Waals surface area contributed by atoms with Gasteiger partial charge in [-0.15, -0.1) is 0 Å². The summed E-state index contributed by atoms with van der Waals surface area (Å²) in [7, 11) is 3.27. The summed E-state index contributed by atoms with van der Waals surface area (Å²) >= 11 is 1.53. The van der Waals surface area contributed by atoms with Crippen LogP contribution < -0.4 is 0 Å². The van der Waals surface area contributed by atoms with Gasteiger partial charge in [-0.25, -0.2) is 14.8 Å². The third-order valence-electron chi connectivity index (χ3n) is 6.41. The van der Waals surface area contributed by atoms with Crippen LogP contribution in [0.25, 0.3) is 11.1 Å². The van der Waals surface area contributed by atoms with Gasteiger partial charge in [-0.2, -0.15) is 0 Å². The number of amides is 3. The monoisotopic (exact) mass is 456 g/mol. The normalized spacial score (nSPS) is 24.2. The lowest BCUT2D eigenvalue weighted by molar-refractivity contribution is -0.136. The molecule has 1 aromatic carbocycles. The third kappa shape index (κ3) is 3.70. The van der Waals surface area contributed by atoms with Crippen LogP contribution in [0.3, 0.4) is 0 Å². The van der Waals surface area contributed by atoms with E-state index in [9.17, 15) is 9.59 Å². The zero-order valence-corrected chi connectivity index (χ0v) is 19.3. The molecule has 0 aliphatic carbocycles. The maximum atomic E-state index is 13.1. The number of imide groups is 1. The van der Waals surface area contributed by atoms with E-state index in [0.717, 1.165) is 43.0 Å². The number of likely N-dealkylation sites (tertiary alicyclic amines) is 1. The molecular formula is C22H28N6O3S. The molecule has 2 fully saturated rings. The largest absolute Gasteiger partial charge is 0.431 e. The lowest BCUT2D eigenvalue weighted by atomic mass is 10.1. The van der Waals surface area contributed by atoms with Gasteiger partial charge in [-0.1, -0.05) is 36.7 Å². The van der Waals surface area contributed by atoms with Crippen LogP contribution in [0, 0.1) is 0 Å². The minimum absolute atomic E-state index is 0.196. The molecule has 1 aromatic heterocycles. The Hall–Kier alpha value is -2.75. The van der Waals surface area contributed by atoms with Crippen LogP contribution >= 0.6 is 11.8 Å². The van der Waals surface area contributed by atoms with Gasteiger partial charge in [0.2, 0.25) is 0 Å². The van der Waals surface area contributed by atoms with Crippen LogP contribution in [0.5, 0.6) is 0 Å². The number of nitrogens with zero attached hydrogens (tertiary/aromatic N) is 6. The summed E-state index contributed by atoms with van der Waals surface area (Å²) in [6.45, 7) is 2.46. The summed E-state index contributed by atoms with van der Waals surface area (Å²) in [6.07, 6.45) is 4.17. The molecule has 4 heterocycles. The number of oxazole rings is 1. The second-order valence-electron chi connectivity index (χ2n) is 8.47. The van der Waals surface area contributed by atoms with Crippen LogP contribution in [-0.2, 0) is 4.79 Å². The fraction of sp³-hybridized carbons (Fsp3) is 0.545. The van der Waals surface area contributed by atoms with Crippen LogP contribution in [0.1, 0.15) is 25.7 Å². The molecule has 0 spiro atoms. The molecule has 2 unspecified atom stereocenters. The number of thioether (sulfide) groups is 1. The Labute approximate surface area is 191 Å². The number of carbonyl (C=O) groups excluding carboxylic acids is 2. The molecule has 3 aliphatic rings. The molecule has 0 radical (unpaired) electrons. The highest BCUT2D eigenvalue weighted by atomic mass is 32.2. The molecule has 0 bridgehead atoms. The molecule has 0 saturated carbocycles. The Morgan fingerprint density at radius 3 is 2.59 bits per heavy atom. The average Bonchev–Trinajstić information content (AvgIpc) is 3.27. The quantitative estimate of drug-likeness (QED) is 0.654. The van der Waals surface area contributed by atoms with Crippen molar-refractivity contribution in [1.82, 2.24) is 24.6 Å². The van der Waals surface area contributed by atoms with Crippen molar-refractivity contribution in [3.63, 3.8) is 0 Å². The zero-order valence-electron chi connectivity index (χ0n) is 18.4. The molecular weight excluding hydrogens is 428 g/mol. The van der Waals surface area contributed by atoms with Crippen molar-refractivity contribution in [2.75, 3.05) is 39.5 Å². The number of hydrogen-bond donors (Lipinski definition) is 0. The van der Waals surface area contributed by atoms with E-state index >= 15 is 0 Å². The number of guanidine groups is 1. The van der Waals surface area contributed by atoms with Crippen LogP contribution in [0.4, 0.5) is 4.79 Å². The molecule has 9 nitrogen and oxygen atoms in total. The smallest absolute Gasteiger partial charge is 0.328 e. The number of carbonyl (C=O) groups is 2. The molecule has 32 heavy (non-hydrogen) atoms. The maximum absolute atomic E-state index is 13.1. The molecule has 3 aliphatic heterocycles. The van der Waals surface area contributed by atoms with Crippen molar-refractivity contribution in [2.45, 2.75) is 43.1 Å². The maximum Gasteiger partial charge on any atom is 0.328 e. The average molecular weight is 457 g/mol. The number of fused-ring (bicyclic) bond motifs is 2. The predicted molar refractivity (Wildman–Crippen MR) is 122 cm³/mol. The number of benzene rings is 1. The predicted octanol–water partition coefficient (Wildman–Crippen LogP) is 2.69. The summed E-state index contributed by atoms with van der Waals surface area (Å²) in [5.41, 5.74) is 1.61. The molecule has 2 aromatic rings. The van der Waals surface area contributed by atoms with Gasteiger partial charge in [-0.3, -0.25) is 9.69 Å². The standard InChI is InChI=1S/C22H28N6O3S/c1-25-18-17(19(29)26(2)22(25)30)28(20(24-18)27-11-7-3-4-8-12-27)13-14-32-21-23-15-9-5-6-10-16(15)31-21/h5-6,9-10,17-18H,3-4,7-8,11-14H2,1-2H3. The number of likely N-dealkylation sites (N-methyl/N-ethyl adjacent to an activating group) is 2. The van der Waals surface area contributed by atoms with Gasteiger partial charge in [0.15, 0.2) is 23.8 Å². The number of rotatable bonds is 4. The first-order valence-electron chi connectivity index (χ1n) is 11.2. The Kier molecular flexibility index (Phi) is 5.71. The minimum atomic E-state index is -0.495. The van der Waals surface area contributed by atoms with E-state index in [4.69, 9.17) is 9.41 Å². The summed E-state index contributed by atoms with van der Waals surface area (Å²) in [5.74, 6) is 1.33. The fourth-order valence-corrected chi connectivity index (χ4v) is 5.44. The number of para-hydroxylation sites is 2. The molecule has 170 valence electrons. The van der Waals surface area contributed by atoms with E-state index < -0.39 is 12.2 Å². The van der Waals surface area contributed by atoms with E-state index in [0.29, 0.717) is 17.5 Å². The van der Waals surface area contributed by atoms with E-state index in [2.05, 4.69) is 14.8 Å². The van der Waals surface area contributed by atoms with Crippen molar-refractivity contribution in [1.29, 1.82) is 0 Å². The topological polar surface area (TPSA) is 85.5 Å². The van der Waals surface area contributed by atoms with Crippen LogP contribution in [0.2, 0.25) is 0 Å². The van der Waals surface area contributed by atoms with Crippen molar-refractivity contribution in [3.05, 3.63) is 24.3 Å². The zero-order chi connectivity index (χ0) is 22.2. The van der Waals surface area contributed by atoms with Gasteiger partial charge >= 0.3 is 6.03 Å². The van der Waals surface area contributed by atoms with E-state index in [1.807, 2.05) is 24.3 Å². The Morgan fingerprint density at radius 2 is 1.84 bits per heavy atom. The first-order valence-corrected chi connectivity index (χ1v) is 12.2. The number of urea groups is 1.